The Kier molecular flexibility index (Phi) is 13.7. The van der Waals surface area contributed by atoms with Crippen LogP contribution in [0.15, 0.2) is 16.4 Å². The molecular weight excluding hydrogens is 565 g/mol. The van der Waals surface area contributed by atoms with Crippen molar-refractivity contribution in [3.63, 3.8) is 0 Å². The molecule has 3 rings (SSSR count). The number of tetrazole rings is 1. The average molecular weight is 601 g/mol. The Bertz CT molecular complexity index is 981. The largest absolute Gasteiger partial charge is 0.425 e. The molecule has 0 spiro atoms. The van der Waals surface area contributed by atoms with Crippen LogP contribution in [0.2, 0.25) is 0 Å². The number of fused-ring (bicyclic) bond motifs is 1. The first-order valence-corrected chi connectivity index (χ1v) is 13.5. The molecule has 1 saturated heterocycles. The van der Waals surface area contributed by atoms with Crippen LogP contribution in [-0.4, -0.2) is 97.7 Å². The van der Waals surface area contributed by atoms with Gasteiger partial charge >= 0.3 is 11.9 Å². The number of halogens is 2. The van der Waals surface area contributed by atoms with E-state index in [1.165, 1.54) is 35.3 Å². The van der Waals surface area contributed by atoms with Gasteiger partial charge in [-0.05, 0) is 36.0 Å². The molecule has 0 saturated carbocycles. The molecule has 4 atom stereocenters. The van der Waals surface area contributed by atoms with E-state index in [9.17, 15) is 14.4 Å². The van der Waals surface area contributed by atoms with Gasteiger partial charge in [-0.2, -0.15) is 0 Å². The third-order valence-electron chi connectivity index (χ3n) is 5.70. The maximum absolute atomic E-state index is 13.2. The van der Waals surface area contributed by atoms with Crippen molar-refractivity contribution in [3.8, 4) is 0 Å². The number of esters is 2. The molecule has 12 nitrogen and oxygen atoms in total. The number of nitrogens with two attached hydrogens (primary N) is 1. The standard InChI is InChI=1S/C21H33N7O5S2.2ClH/c1-6-12(2)9-15(29)32-13(3)33-20(31)17-14(10-34-19-16(22)18(30)28(17)19)11-35-21-23-24-25-27(21)8-7-26(4)5;;/h12-13,16,19H,6-11,22H2,1-5H3;2*1H/t12?,13?,16-,19+;;/m1../s1. The number of amides is 1. The van der Waals surface area contributed by atoms with Gasteiger partial charge in [-0.1, -0.05) is 32.0 Å². The van der Waals surface area contributed by atoms with Crippen LogP contribution in [0.4, 0.5) is 0 Å². The smallest absolute Gasteiger partial charge is 0.358 e. The topological polar surface area (TPSA) is 146 Å². The molecule has 0 aliphatic carbocycles. The Labute approximate surface area is 237 Å². The van der Waals surface area contributed by atoms with Gasteiger partial charge in [0.1, 0.15) is 17.1 Å². The Morgan fingerprint density at radius 1 is 1.27 bits per heavy atom. The van der Waals surface area contributed by atoms with E-state index in [0.29, 0.717) is 28.8 Å². The summed E-state index contributed by atoms with van der Waals surface area (Å²) in [6.07, 6.45) is -0.00718. The van der Waals surface area contributed by atoms with Crippen LogP contribution in [0.1, 0.15) is 33.6 Å². The van der Waals surface area contributed by atoms with Gasteiger partial charge in [0, 0.05) is 31.4 Å². The number of hydrogen-bond donors (Lipinski definition) is 1. The van der Waals surface area contributed by atoms with E-state index in [1.54, 1.807) is 4.68 Å². The molecule has 1 aromatic heterocycles. The molecular formula is C21H35Cl2N7O5S2. The molecule has 0 aromatic carbocycles. The van der Waals surface area contributed by atoms with E-state index in [4.69, 9.17) is 15.2 Å². The zero-order chi connectivity index (χ0) is 25.7. The maximum atomic E-state index is 13.2. The summed E-state index contributed by atoms with van der Waals surface area (Å²) < 4.78 is 12.4. The molecule has 1 aromatic rings. The van der Waals surface area contributed by atoms with Crippen molar-refractivity contribution in [2.24, 2.45) is 11.7 Å². The van der Waals surface area contributed by atoms with Crippen LogP contribution >= 0.6 is 48.3 Å². The normalized spacial score (nSPS) is 20.3. The third-order valence-corrected chi connectivity index (χ3v) is 8.10. The van der Waals surface area contributed by atoms with Crippen molar-refractivity contribution < 1.29 is 23.9 Å². The van der Waals surface area contributed by atoms with Gasteiger partial charge in [-0.3, -0.25) is 14.5 Å². The predicted molar refractivity (Wildman–Crippen MR) is 145 cm³/mol. The highest BCUT2D eigenvalue weighted by Crippen LogP contribution is 2.41. The highest BCUT2D eigenvalue weighted by atomic mass is 35.5. The summed E-state index contributed by atoms with van der Waals surface area (Å²) in [5.41, 5.74) is 6.81. The van der Waals surface area contributed by atoms with Gasteiger partial charge in [0.15, 0.2) is 0 Å². The number of carbonyl (C=O) groups excluding carboxylic acids is 3. The fourth-order valence-electron chi connectivity index (χ4n) is 3.46. The molecule has 2 aliphatic rings. The van der Waals surface area contributed by atoms with Crippen molar-refractivity contribution in [3.05, 3.63) is 11.3 Å². The second-order valence-electron chi connectivity index (χ2n) is 8.84. The summed E-state index contributed by atoms with van der Waals surface area (Å²) in [7, 11) is 3.93. The number of thioether (sulfide) groups is 2. The summed E-state index contributed by atoms with van der Waals surface area (Å²) in [5, 5.41) is 12.1. The molecule has 37 heavy (non-hydrogen) atoms. The monoisotopic (exact) mass is 599 g/mol. The molecule has 16 heteroatoms. The number of hydrogen-bond acceptors (Lipinski definition) is 12. The molecule has 3 heterocycles. The fraction of sp³-hybridized carbons (Fsp3) is 0.714. The maximum Gasteiger partial charge on any atom is 0.358 e. The van der Waals surface area contributed by atoms with E-state index in [1.807, 2.05) is 32.8 Å². The predicted octanol–water partition coefficient (Wildman–Crippen LogP) is 1.54. The first-order chi connectivity index (χ1) is 16.6. The SMILES string of the molecule is CCC(C)CC(=O)OC(C)OC(=O)C1=C(CSc2nnnn2CCN(C)C)CS[C@H]2[C@H](N)C(=O)N12.Cl.Cl. The highest BCUT2D eigenvalue weighted by Gasteiger charge is 2.52. The van der Waals surface area contributed by atoms with Crippen LogP contribution in [0.5, 0.6) is 0 Å². The minimum absolute atomic E-state index is 0. The molecule has 210 valence electrons. The molecule has 1 amide bonds. The van der Waals surface area contributed by atoms with Gasteiger partial charge in [0.25, 0.3) is 0 Å². The lowest BCUT2D eigenvalue weighted by Gasteiger charge is -2.48. The fourth-order valence-corrected chi connectivity index (χ4v) is 5.79. The average Bonchev–Trinajstić information content (AvgIpc) is 3.27. The minimum atomic E-state index is -1.09. The second kappa shape index (κ2) is 15.1. The van der Waals surface area contributed by atoms with Crippen molar-refractivity contribution in [2.45, 2.75) is 63.0 Å². The Balaban J connectivity index is 0.00000342. The quantitative estimate of drug-likeness (QED) is 0.161. The lowest BCUT2D eigenvalue weighted by molar-refractivity contribution is -0.184. The number of likely N-dealkylation sites (N-methyl/N-ethyl adjacent to an activating group) is 1. The number of rotatable bonds is 12. The number of β-lactam (4-membered cyclic amide) rings is 1. The summed E-state index contributed by atoms with van der Waals surface area (Å²) in [6, 6.07) is -0.666. The van der Waals surface area contributed by atoms with E-state index in [-0.39, 0.29) is 54.1 Å². The Morgan fingerprint density at radius 2 is 1.97 bits per heavy atom. The van der Waals surface area contributed by atoms with Crippen LogP contribution in [0.3, 0.4) is 0 Å². The number of nitrogens with zero attached hydrogens (tertiary/aromatic N) is 6. The second-order valence-corrected chi connectivity index (χ2v) is 10.9. The summed E-state index contributed by atoms with van der Waals surface area (Å²) in [6.45, 7) is 6.80. The number of aromatic nitrogens is 4. The molecule has 0 bridgehead atoms. The Hall–Kier alpha value is -1.58. The number of carbonyl (C=O) groups is 3. The van der Waals surface area contributed by atoms with Crippen LogP contribution in [-0.2, 0) is 30.4 Å². The van der Waals surface area contributed by atoms with Crippen molar-refractivity contribution in [1.82, 2.24) is 30.0 Å². The first kappa shape index (κ1) is 33.4. The van der Waals surface area contributed by atoms with Gasteiger partial charge in [-0.25, -0.2) is 9.48 Å². The van der Waals surface area contributed by atoms with Gasteiger partial charge in [0.05, 0.1) is 6.54 Å². The summed E-state index contributed by atoms with van der Waals surface area (Å²) in [5.74, 6) is -0.444. The van der Waals surface area contributed by atoms with Crippen LogP contribution in [0.25, 0.3) is 0 Å². The first-order valence-electron chi connectivity index (χ1n) is 11.5. The van der Waals surface area contributed by atoms with Gasteiger partial charge in [-0.15, -0.1) is 41.7 Å². The van der Waals surface area contributed by atoms with E-state index in [0.717, 1.165) is 13.0 Å². The third kappa shape index (κ3) is 8.45. The summed E-state index contributed by atoms with van der Waals surface area (Å²) >= 11 is 2.88. The molecule has 2 N–H and O–H groups in total. The summed E-state index contributed by atoms with van der Waals surface area (Å²) in [4.78, 5) is 41.2. The highest BCUT2D eigenvalue weighted by molar-refractivity contribution is 8.01. The zero-order valence-corrected chi connectivity index (χ0v) is 24.8. The van der Waals surface area contributed by atoms with E-state index in [2.05, 4.69) is 15.5 Å². The van der Waals surface area contributed by atoms with Crippen molar-refractivity contribution in [1.29, 1.82) is 0 Å². The molecule has 1 fully saturated rings. The van der Waals surface area contributed by atoms with Crippen LogP contribution in [0, 0.1) is 5.92 Å². The minimum Gasteiger partial charge on any atom is -0.425 e. The molecule has 2 unspecified atom stereocenters. The molecule has 0 radical (unpaired) electrons. The van der Waals surface area contributed by atoms with Crippen molar-refractivity contribution in [2.75, 3.05) is 32.1 Å². The van der Waals surface area contributed by atoms with Crippen LogP contribution < -0.4 is 5.73 Å². The van der Waals surface area contributed by atoms with E-state index >= 15 is 0 Å². The zero-order valence-electron chi connectivity index (χ0n) is 21.5. The van der Waals surface area contributed by atoms with Gasteiger partial charge in [0.2, 0.25) is 17.4 Å². The van der Waals surface area contributed by atoms with Crippen molar-refractivity contribution >= 4 is 66.2 Å². The lowest BCUT2D eigenvalue weighted by Crippen LogP contribution is -2.68. The lowest BCUT2D eigenvalue weighted by atomic mass is 10.0. The van der Waals surface area contributed by atoms with Gasteiger partial charge < -0.3 is 20.1 Å². The number of ether oxygens (including phenoxy) is 2. The molecule has 2 aliphatic heterocycles. The van der Waals surface area contributed by atoms with E-state index < -0.39 is 24.3 Å². The Morgan fingerprint density at radius 3 is 2.62 bits per heavy atom.